The number of aryl methyl sites for hydroxylation is 2. The fourth-order valence-electron chi connectivity index (χ4n) is 5.12. The summed E-state index contributed by atoms with van der Waals surface area (Å²) in [5.74, 6) is 0.953. The molecule has 5 heteroatoms. The smallest absolute Gasteiger partial charge is 0.306 e. The van der Waals surface area contributed by atoms with Gasteiger partial charge in [0.25, 0.3) is 0 Å². The third-order valence-corrected chi connectivity index (χ3v) is 8.65. The summed E-state index contributed by atoms with van der Waals surface area (Å²) in [4.78, 5) is 0. The lowest BCUT2D eigenvalue weighted by Gasteiger charge is -2.35. The Bertz CT molecular complexity index is 1080. The molecule has 3 unspecified atom stereocenters. The molecule has 2 aromatic rings. The van der Waals surface area contributed by atoms with Gasteiger partial charge in [-0.3, -0.25) is 0 Å². The molecule has 0 saturated heterocycles. The maximum atomic E-state index is 11.6. The van der Waals surface area contributed by atoms with Gasteiger partial charge in [-0.2, -0.15) is 8.42 Å². The number of benzene rings is 2. The molecular formula is C29H44O4S. The molecule has 1 N–H and O–H groups in total. The molecule has 0 spiro atoms. The van der Waals surface area contributed by atoms with Gasteiger partial charge in [-0.15, -0.1) is 0 Å². The lowest BCUT2D eigenvalue weighted by Crippen LogP contribution is -2.36. The normalized spacial score (nSPS) is 16.1. The van der Waals surface area contributed by atoms with Crippen LogP contribution in [-0.2, 0) is 22.0 Å². The van der Waals surface area contributed by atoms with Crippen molar-refractivity contribution >= 4 is 10.1 Å². The standard InChI is InChI=1S/C29H44O4S/c1-10-28(8,30)23(7)20(4)17-24-13-14-25(18-21(24)5)29(11-2,12-3)26-15-16-27(22(6)19-26)33-34(9,31)32/h13-16,18-20,23,30H,10-12,17H2,1-9H3. The summed E-state index contributed by atoms with van der Waals surface area (Å²) in [6.45, 7) is 16.8. The van der Waals surface area contributed by atoms with Crippen molar-refractivity contribution < 1.29 is 17.7 Å². The van der Waals surface area contributed by atoms with Gasteiger partial charge in [0.05, 0.1) is 11.9 Å². The fraction of sp³-hybridized carbons (Fsp3) is 0.586. The summed E-state index contributed by atoms with van der Waals surface area (Å²) in [5, 5.41) is 10.7. The van der Waals surface area contributed by atoms with Gasteiger partial charge in [0.15, 0.2) is 0 Å². The predicted octanol–water partition coefficient (Wildman–Crippen LogP) is 6.72. The molecule has 0 saturated carbocycles. The van der Waals surface area contributed by atoms with Crippen LogP contribution in [0.5, 0.6) is 5.75 Å². The van der Waals surface area contributed by atoms with E-state index in [0.29, 0.717) is 11.7 Å². The molecule has 0 aliphatic carbocycles. The second-order valence-corrected chi connectivity index (χ2v) is 12.0. The van der Waals surface area contributed by atoms with Gasteiger partial charge >= 0.3 is 10.1 Å². The third kappa shape index (κ3) is 6.23. The molecule has 0 amide bonds. The molecule has 0 aromatic heterocycles. The van der Waals surface area contributed by atoms with E-state index in [4.69, 9.17) is 4.18 Å². The maximum absolute atomic E-state index is 11.6. The number of rotatable bonds is 11. The second kappa shape index (κ2) is 10.8. The Morgan fingerprint density at radius 1 is 0.912 bits per heavy atom. The first-order valence-electron chi connectivity index (χ1n) is 12.5. The van der Waals surface area contributed by atoms with Crippen molar-refractivity contribution in [1.29, 1.82) is 0 Å². The molecule has 0 aliphatic rings. The Morgan fingerprint density at radius 2 is 1.44 bits per heavy atom. The van der Waals surface area contributed by atoms with E-state index < -0.39 is 15.7 Å². The molecule has 34 heavy (non-hydrogen) atoms. The van der Waals surface area contributed by atoms with Crippen LogP contribution in [-0.4, -0.2) is 25.4 Å². The number of aliphatic hydroxyl groups is 1. The summed E-state index contributed by atoms with van der Waals surface area (Å²) >= 11 is 0. The molecule has 190 valence electrons. The minimum Gasteiger partial charge on any atom is -0.390 e. The van der Waals surface area contributed by atoms with Crippen LogP contribution in [0.2, 0.25) is 0 Å². The molecule has 0 radical (unpaired) electrons. The fourth-order valence-corrected chi connectivity index (χ4v) is 5.63. The average molecular weight is 489 g/mol. The van der Waals surface area contributed by atoms with Crippen LogP contribution in [0.3, 0.4) is 0 Å². The van der Waals surface area contributed by atoms with Gasteiger partial charge in [-0.05, 0) is 92.2 Å². The first-order valence-corrected chi connectivity index (χ1v) is 14.3. The summed E-state index contributed by atoms with van der Waals surface area (Å²) in [6, 6.07) is 12.7. The molecule has 3 atom stereocenters. The Morgan fingerprint density at radius 3 is 1.88 bits per heavy atom. The maximum Gasteiger partial charge on any atom is 0.306 e. The van der Waals surface area contributed by atoms with Gasteiger partial charge in [-0.25, -0.2) is 0 Å². The van der Waals surface area contributed by atoms with Crippen LogP contribution in [0.25, 0.3) is 0 Å². The Kier molecular flexibility index (Phi) is 9.04. The number of hydrogen-bond acceptors (Lipinski definition) is 4. The van der Waals surface area contributed by atoms with E-state index in [9.17, 15) is 13.5 Å². The third-order valence-electron chi connectivity index (χ3n) is 8.16. The van der Waals surface area contributed by atoms with Gasteiger partial charge in [0.2, 0.25) is 0 Å². The molecule has 0 heterocycles. The van der Waals surface area contributed by atoms with Crippen molar-refractivity contribution in [3.63, 3.8) is 0 Å². The van der Waals surface area contributed by atoms with Crippen molar-refractivity contribution in [1.82, 2.24) is 0 Å². The van der Waals surface area contributed by atoms with E-state index in [1.165, 1.54) is 22.3 Å². The van der Waals surface area contributed by atoms with Crippen molar-refractivity contribution in [3.05, 3.63) is 64.2 Å². The van der Waals surface area contributed by atoms with Crippen molar-refractivity contribution in [2.45, 2.75) is 92.1 Å². The number of hydrogen-bond donors (Lipinski definition) is 1. The van der Waals surface area contributed by atoms with E-state index >= 15 is 0 Å². The molecule has 2 aromatic carbocycles. The SMILES string of the molecule is CCC(CC)(c1ccc(CC(C)C(C)C(C)(O)CC)c(C)c1)c1ccc(OS(C)(=O)=O)c(C)c1. The predicted molar refractivity (Wildman–Crippen MR) is 142 cm³/mol. The highest BCUT2D eigenvalue weighted by Crippen LogP contribution is 2.41. The Hall–Kier alpha value is -1.85. The minimum absolute atomic E-state index is 0.164. The van der Waals surface area contributed by atoms with Crippen molar-refractivity contribution in [2.24, 2.45) is 11.8 Å². The quantitative estimate of drug-likeness (QED) is 0.356. The van der Waals surface area contributed by atoms with Gasteiger partial charge in [0.1, 0.15) is 5.75 Å². The van der Waals surface area contributed by atoms with E-state index in [1.54, 1.807) is 6.07 Å². The highest BCUT2D eigenvalue weighted by molar-refractivity contribution is 7.86. The van der Waals surface area contributed by atoms with Crippen LogP contribution < -0.4 is 4.18 Å². The van der Waals surface area contributed by atoms with Crippen LogP contribution in [0.1, 0.15) is 88.6 Å². The summed E-state index contributed by atoms with van der Waals surface area (Å²) < 4.78 is 28.3. The molecule has 0 fully saturated rings. The molecule has 0 aliphatic heterocycles. The van der Waals surface area contributed by atoms with E-state index in [1.807, 2.05) is 26.8 Å². The molecule has 2 rings (SSSR count). The second-order valence-electron chi connectivity index (χ2n) is 10.4. The highest BCUT2D eigenvalue weighted by Gasteiger charge is 2.33. The largest absolute Gasteiger partial charge is 0.390 e. The van der Waals surface area contributed by atoms with Gasteiger partial charge in [-0.1, -0.05) is 65.0 Å². The Labute approximate surface area is 207 Å². The highest BCUT2D eigenvalue weighted by atomic mass is 32.2. The van der Waals surface area contributed by atoms with Gasteiger partial charge < -0.3 is 9.29 Å². The Balaban J connectivity index is 2.41. The first-order chi connectivity index (χ1) is 15.7. The molecule has 0 bridgehead atoms. The zero-order valence-corrected chi connectivity index (χ0v) is 23.3. The van der Waals surface area contributed by atoms with E-state index in [0.717, 1.165) is 37.5 Å². The summed E-state index contributed by atoms with van der Waals surface area (Å²) in [5.41, 5.74) is 5.03. The lowest BCUT2D eigenvalue weighted by molar-refractivity contribution is -0.0185. The minimum atomic E-state index is -3.56. The van der Waals surface area contributed by atoms with Crippen LogP contribution in [0, 0.1) is 25.7 Å². The van der Waals surface area contributed by atoms with Crippen molar-refractivity contribution in [3.8, 4) is 5.75 Å². The lowest BCUT2D eigenvalue weighted by atomic mass is 9.69. The van der Waals surface area contributed by atoms with Crippen molar-refractivity contribution in [2.75, 3.05) is 6.26 Å². The summed E-state index contributed by atoms with van der Waals surface area (Å²) in [7, 11) is -3.56. The van der Waals surface area contributed by atoms with Gasteiger partial charge in [0, 0.05) is 5.41 Å². The summed E-state index contributed by atoms with van der Waals surface area (Å²) in [6.07, 6.45) is 4.62. The van der Waals surface area contributed by atoms with E-state index in [2.05, 4.69) is 58.9 Å². The average Bonchev–Trinajstić information content (AvgIpc) is 2.77. The van der Waals surface area contributed by atoms with Crippen LogP contribution >= 0.6 is 0 Å². The zero-order valence-electron chi connectivity index (χ0n) is 22.5. The first kappa shape index (κ1) is 28.4. The zero-order chi connectivity index (χ0) is 25.9. The topological polar surface area (TPSA) is 63.6 Å². The van der Waals surface area contributed by atoms with E-state index in [-0.39, 0.29) is 11.3 Å². The van der Waals surface area contributed by atoms with Crippen LogP contribution in [0.15, 0.2) is 36.4 Å². The van der Waals surface area contributed by atoms with Crippen LogP contribution in [0.4, 0.5) is 0 Å². The monoisotopic (exact) mass is 488 g/mol. The molecule has 4 nitrogen and oxygen atoms in total. The molecular weight excluding hydrogens is 444 g/mol.